The summed E-state index contributed by atoms with van der Waals surface area (Å²) in [6, 6.07) is 16.3. The Kier molecular flexibility index (Phi) is 4.08. The van der Waals surface area contributed by atoms with E-state index in [4.69, 9.17) is 0 Å². The molecule has 1 aliphatic carbocycles. The van der Waals surface area contributed by atoms with Gasteiger partial charge in [0, 0.05) is 29.2 Å². The number of nitrogens with one attached hydrogen (secondary N) is 1. The third kappa shape index (κ3) is 2.84. The molecule has 0 unspecified atom stereocenters. The Labute approximate surface area is 148 Å². The van der Waals surface area contributed by atoms with E-state index in [1.807, 2.05) is 36.2 Å². The number of nitrogens with zero attached hydrogens (tertiary/aromatic N) is 1. The third-order valence-electron chi connectivity index (χ3n) is 5.53. The minimum Gasteiger partial charge on any atom is -0.358 e. The molecular formula is C22H24N2O. The van der Waals surface area contributed by atoms with Gasteiger partial charge < -0.3 is 9.88 Å². The smallest absolute Gasteiger partial charge is 0.254 e. The largest absolute Gasteiger partial charge is 0.358 e. The van der Waals surface area contributed by atoms with Crippen molar-refractivity contribution in [2.45, 2.75) is 38.6 Å². The molecule has 3 aromatic rings. The van der Waals surface area contributed by atoms with Gasteiger partial charge in [0.2, 0.25) is 0 Å². The zero-order chi connectivity index (χ0) is 17.4. The van der Waals surface area contributed by atoms with Crippen LogP contribution in [0.3, 0.4) is 0 Å². The first-order valence-corrected chi connectivity index (χ1v) is 9.10. The molecule has 3 nitrogen and oxygen atoms in total. The lowest BCUT2D eigenvalue weighted by Gasteiger charge is -2.25. The Morgan fingerprint density at radius 3 is 2.64 bits per heavy atom. The van der Waals surface area contributed by atoms with Crippen molar-refractivity contribution in [1.29, 1.82) is 0 Å². The van der Waals surface area contributed by atoms with E-state index in [-0.39, 0.29) is 11.9 Å². The summed E-state index contributed by atoms with van der Waals surface area (Å²) in [5.74, 6) is 0.0732. The molecule has 1 amide bonds. The van der Waals surface area contributed by atoms with Crippen LogP contribution in [0.15, 0.2) is 48.5 Å². The number of rotatable bonds is 3. The van der Waals surface area contributed by atoms with E-state index in [1.165, 1.54) is 29.5 Å². The number of carbonyl (C=O) groups is 1. The summed E-state index contributed by atoms with van der Waals surface area (Å²) < 4.78 is 0. The zero-order valence-electron chi connectivity index (χ0n) is 14.9. The first-order valence-electron chi connectivity index (χ1n) is 9.10. The molecule has 0 radical (unpaired) electrons. The van der Waals surface area contributed by atoms with Crippen LogP contribution in [0, 0.1) is 0 Å². The summed E-state index contributed by atoms with van der Waals surface area (Å²) >= 11 is 0. The fourth-order valence-electron chi connectivity index (χ4n) is 3.87. The van der Waals surface area contributed by atoms with Crippen molar-refractivity contribution < 1.29 is 4.79 Å². The first-order chi connectivity index (χ1) is 12.1. The van der Waals surface area contributed by atoms with Crippen LogP contribution in [0.2, 0.25) is 0 Å². The number of aromatic nitrogens is 1. The van der Waals surface area contributed by atoms with Crippen molar-refractivity contribution in [2.75, 3.05) is 7.05 Å². The second-order valence-corrected chi connectivity index (χ2v) is 7.05. The van der Waals surface area contributed by atoms with Gasteiger partial charge in [-0.25, -0.2) is 0 Å². The molecule has 1 N–H and O–H groups in total. The Morgan fingerprint density at radius 2 is 1.84 bits per heavy atom. The molecule has 0 bridgehead atoms. The maximum Gasteiger partial charge on any atom is 0.254 e. The van der Waals surface area contributed by atoms with Gasteiger partial charge in [0.25, 0.3) is 5.91 Å². The number of benzene rings is 2. The second-order valence-electron chi connectivity index (χ2n) is 7.05. The summed E-state index contributed by atoms with van der Waals surface area (Å²) in [6.45, 7) is 2.07. The van der Waals surface area contributed by atoms with Gasteiger partial charge >= 0.3 is 0 Å². The molecule has 1 aliphatic rings. The molecule has 1 heterocycles. The summed E-state index contributed by atoms with van der Waals surface area (Å²) in [5, 5.41) is 1.22. The van der Waals surface area contributed by atoms with Crippen molar-refractivity contribution in [2.24, 2.45) is 0 Å². The molecule has 0 saturated heterocycles. The van der Waals surface area contributed by atoms with Crippen molar-refractivity contribution in [3.8, 4) is 0 Å². The highest BCUT2D eigenvalue weighted by atomic mass is 16.2. The molecule has 1 atom stereocenters. The maximum absolute atomic E-state index is 13.0. The molecule has 0 aliphatic heterocycles. The van der Waals surface area contributed by atoms with Crippen molar-refractivity contribution in [1.82, 2.24) is 9.88 Å². The van der Waals surface area contributed by atoms with Crippen molar-refractivity contribution in [3.05, 3.63) is 70.9 Å². The van der Waals surface area contributed by atoms with E-state index in [1.54, 1.807) is 0 Å². The van der Waals surface area contributed by atoms with Gasteiger partial charge in [0.1, 0.15) is 0 Å². The van der Waals surface area contributed by atoms with Crippen LogP contribution in [0.25, 0.3) is 10.9 Å². The van der Waals surface area contributed by atoms with Gasteiger partial charge in [-0.1, -0.05) is 30.3 Å². The van der Waals surface area contributed by atoms with E-state index in [2.05, 4.69) is 36.2 Å². The predicted octanol–water partition coefficient (Wildman–Crippen LogP) is 4.88. The predicted molar refractivity (Wildman–Crippen MR) is 102 cm³/mol. The fourth-order valence-corrected chi connectivity index (χ4v) is 3.87. The van der Waals surface area contributed by atoms with E-state index >= 15 is 0 Å². The number of carbonyl (C=O) groups excluding carboxylic acids is 1. The number of hydrogen-bond donors (Lipinski definition) is 1. The van der Waals surface area contributed by atoms with Gasteiger partial charge in [-0.2, -0.15) is 0 Å². The Morgan fingerprint density at radius 1 is 1.08 bits per heavy atom. The standard InChI is InChI=1S/C22H24N2O/c1-15(16-8-4-3-5-9-16)24(2)22(25)17-12-13-21-19(14-17)18-10-6-7-11-20(18)23-21/h3-5,8-9,12-15,23H,6-7,10-11H2,1-2H3/t15-/m1/s1. The van der Waals surface area contributed by atoms with E-state index in [9.17, 15) is 4.79 Å². The molecule has 2 aromatic carbocycles. The van der Waals surface area contributed by atoms with Crippen LogP contribution in [0.4, 0.5) is 0 Å². The van der Waals surface area contributed by atoms with Gasteiger partial charge in [0.05, 0.1) is 6.04 Å². The van der Waals surface area contributed by atoms with Crippen molar-refractivity contribution in [3.63, 3.8) is 0 Å². The van der Waals surface area contributed by atoms with E-state index < -0.39 is 0 Å². The average Bonchev–Trinajstić information content (AvgIpc) is 3.04. The Bertz CT molecular complexity index is 910. The van der Waals surface area contributed by atoms with Crippen LogP contribution in [0.5, 0.6) is 0 Å². The fraction of sp³-hybridized carbons (Fsp3) is 0.318. The number of fused-ring (bicyclic) bond motifs is 3. The molecule has 25 heavy (non-hydrogen) atoms. The van der Waals surface area contributed by atoms with Crippen molar-refractivity contribution >= 4 is 16.8 Å². The normalized spacial score (nSPS) is 15.0. The number of aryl methyl sites for hydroxylation is 2. The lowest BCUT2D eigenvalue weighted by Crippen LogP contribution is -2.29. The van der Waals surface area contributed by atoms with Gasteiger partial charge in [-0.15, -0.1) is 0 Å². The Hall–Kier alpha value is -2.55. The molecule has 0 spiro atoms. The molecule has 4 rings (SSSR count). The van der Waals surface area contributed by atoms with Crippen LogP contribution >= 0.6 is 0 Å². The topological polar surface area (TPSA) is 36.1 Å². The van der Waals surface area contributed by atoms with Gasteiger partial charge in [-0.05, 0) is 61.9 Å². The lowest BCUT2D eigenvalue weighted by molar-refractivity contribution is 0.0743. The average molecular weight is 332 g/mol. The first kappa shape index (κ1) is 15.9. The molecular weight excluding hydrogens is 308 g/mol. The molecule has 3 heteroatoms. The molecule has 1 aromatic heterocycles. The van der Waals surface area contributed by atoms with Gasteiger partial charge in [-0.3, -0.25) is 4.79 Å². The highest BCUT2D eigenvalue weighted by Gasteiger charge is 2.21. The highest BCUT2D eigenvalue weighted by molar-refractivity contribution is 5.99. The summed E-state index contributed by atoms with van der Waals surface area (Å²) in [6.07, 6.45) is 4.73. The maximum atomic E-state index is 13.0. The molecule has 0 saturated carbocycles. The molecule has 128 valence electrons. The van der Waals surface area contributed by atoms with E-state index in [0.717, 1.165) is 29.5 Å². The van der Waals surface area contributed by atoms with Crippen LogP contribution in [0.1, 0.15) is 53.0 Å². The number of hydrogen-bond acceptors (Lipinski definition) is 1. The minimum atomic E-state index is 0.0459. The second kappa shape index (κ2) is 6.40. The SMILES string of the molecule is C[C@H](c1ccccc1)N(C)C(=O)c1ccc2[nH]c3c(c2c1)CCCC3. The quantitative estimate of drug-likeness (QED) is 0.729. The minimum absolute atomic E-state index is 0.0459. The highest BCUT2D eigenvalue weighted by Crippen LogP contribution is 2.30. The Balaban J connectivity index is 1.65. The number of aromatic amines is 1. The van der Waals surface area contributed by atoms with Gasteiger partial charge in [0.15, 0.2) is 0 Å². The summed E-state index contributed by atoms with van der Waals surface area (Å²) in [4.78, 5) is 18.4. The van der Waals surface area contributed by atoms with Crippen LogP contribution < -0.4 is 0 Å². The third-order valence-corrected chi connectivity index (χ3v) is 5.53. The van der Waals surface area contributed by atoms with E-state index in [0.29, 0.717) is 0 Å². The number of amides is 1. The van der Waals surface area contributed by atoms with Crippen LogP contribution in [-0.2, 0) is 12.8 Å². The monoisotopic (exact) mass is 332 g/mol. The van der Waals surface area contributed by atoms with Crippen LogP contribution in [-0.4, -0.2) is 22.8 Å². The molecule has 0 fully saturated rings. The summed E-state index contributed by atoms with van der Waals surface area (Å²) in [5.41, 5.74) is 5.84. The zero-order valence-corrected chi connectivity index (χ0v) is 14.9. The summed E-state index contributed by atoms with van der Waals surface area (Å²) in [7, 11) is 1.89. The lowest BCUT2D eigenvalue weighted by atomic mass is 9.95. The number of H-pyrrole nitrogens is 1.